The average molecular weight is 436 g/mol. The molecule has 0 spiro atoms. The molecule has 1 heterocycles. The van der Waals surface area contributed by atoms with Crippen LogP contribution >= 0.6 is 0 Å². The summed E-state index contributed by atoms with van der Waals surface area (Å²) in [6, 6.07) is 13.6. The molecule has 8 heteroatoms. The summed E-state index contributed by atoms with van der Waals surface area (Å²) in [5, 5.41) is 12.8. The topological polar surface area (TPSA) is 85.5 Å². The quantitative estimate of drug-likeness (QED) is 0.430. The molecule has 0 bridgehead atoms. The van der Waals surface area contributed by atoms with E-state index in [9.17, 15) is 13.6 Å². The van der Waals surface area contributed by atoms with Crippen LogP contribution in [0.3, 0.4) is 0 Å². The van der Waals surface area contributed by atoms with Crippen molar-refractivity contribution in [2.45, 2.75) is 13.5 Å². The fourth-order valence-electron chi connectivity index (χ4n) is 3.43. The molecular formula is C24H18F2N2O4. The SMILES string of the molecule is COCc1cc(-c2nc(-c3ccc(C(=O)O)c(F)c3)no2)ccc1-c1cc(F)ccc1C. The van der Waals surface area contributed by atoms with E-state index in [2.05, 4.69) is 10.1 Å². The largest absolute Gasteiger partial charge is 0.478 e. The number of nitrogens with zero attached hydrogens (tertiary/aromatic N) is 2. The van der Waals surface area contributed by atoms with Gasteiger partial charge in [-0.1, -0.05) is 17.3 Å². The molecule has 1 N–H and O–H groups in total. The minimum atomic E-state index is -1.36. The van der Waals surface area contributed by atoms with Crippen LogP contribution in [0.1, 0.15) is 21.5 Å². The first-order valence-corrected chi connectivity index (χ1v) is 9.63. The van der Waals surface area contributed by atoms with Gasteiger partial charge in [0, 0.05) is 18.2 Å². The molecule has 0 saturated heterocycles. The number of carboxylic acids is 1. The summed E-state index contributed by atoms with van der Waals surface area (Å²) in [6.07, 6.45) is 0. The summed E-state index contributed by atoms with van der Waals surface area (Å²) >= 11 is 0. The third-order valence-corrected chi connectivity index (χ3v) is 5.03. The fraction of sp³-hybridized carbons (Fsp3) is 0.125. The van der Waals surface area contributed by atoms with Crippen LogP contribution in [0.15, 0.2) is 59.1 Å². The normalized spacial score (nSPS) is 11.0. The molecule has 0 atom stereocenters. The molecule has 0 saturated carbocycles. The van der Waals surface area contributed by atoms with Crippen LogP contribution in [-0.2, 0) is 11.3 Å². The van der Waals surface area contributed by atoms with Crippen molar-refractivity contribution in [3.63, 3.8) is 0 Å². The molecule has 162 valence electrons. The summed E-state index contributed by atoms with van der Waals surface area (Å²) in [5.74, 6) is -2.27. The molecule has 0 amide bonds. The average Bonchev–Trinajstić information content (AvgIpc) is 3.26. The Balaban J connectivity index is 1.71. The highest BCUT2D eigenvalue weighted by molar-refractivity contribution is 5.88. The number of aromatic carboxylic acids is 1. The van der Waals surface area contributed by atoms with Gasteiger partial charge in [0.15, 0.2) is 0 Å². The van der Waals surface area contributed by atoms with Gasteiger partial charge >= 0.3 is 5.97 Å². The number of halogens is 2. The third kappa shape index (κ3) is 4.13. The Hall–Kier alpha value is -3.91. The molecule has 0 radical (unpaired) electrons. The second kappa shape index (κ2) is 8.68. The lowest BCUT2D eigenvalue weighted by Gasteiger charge is -2.13. The molecule has 0 unspecified atom stereocenters. The van der Waals surface area contributed by atoms with Crippen molar-refractivity contribution in [3.8, 4) is 34.0 Å². The number of rotatable bonds is 6. The van der Waals surface area contributed by atoms with Crippen molar-refractivity contribution in [2.24, 2.45) is 0 Å². The number of carbonyl (C=O) groups is 1. The number of carboxylic acid groups (broad SMARTS) is 1. The second-order valence-electron chi connectivity index (χ2n) is 7.19. The monoisotopic (exact) mass is 436 g/mol. The highest BCUT2D eigenvalue weighted by Crippen LogP contribution is 2.32. The molecule has 0 aliphatic heterocycles. The van der Waals surface area contributed by atoms with Crippen LogP contribution in [0.2, 0.25) is 0 Å². The Labute approximate surface area is 182 Å². The number of ether oxygens (including phenoxy) is 1. The zero-order chi connectivity index (χ0) is 22.8. The molecule has 4 aromatic rings. The van der Waals surface area contributed by atoms with Crippen LogP contribution < -0.4 is 0 Å². The van der Waals surface area contributed by atoms with Gasteiger partial charge in [-0.15, -0.1) is 0 Å². The minimum Gasteiger partial charge on any atom is -0.478 e. The molecular weight excluding hydrogens is 418 g/mol. The van der Waals surface area contributed by atoms with Crippen LogP contribution in [0, 0.1) is 18.6 Å². The van der Waals surface area contributed by atoms with Crippen LogP contribution in [0.4, 0.5) is 8.78 Å². The van der Waals surface area contributed by atoms with Crippen molar-refractivity contribution in [2.75, 3.05) is 7.11 Å². The number of methoxy groups -OCH3 is 1. The number of hydrogen-bond donors (Lipinski definition) is 1. The third-order valence-electron chi connectivity index (χ3n) is 5.03. The fourth-order valence-corrected chi connectivity index (χ4v) is 3.43. The summed E-state index contributed by atoms with van der Waals surface area (Å²) in [5.41, 5.74) is 3.74. The molecule has 6 nitrogen and oxygen atoms in total. The molecule has 4 rings (SSSR count). The van der Waals surface area contributed by atoms with E-state index in [1.165, 1.54) is 18.2 Å². The molecule has 3 aromatic carbocycles. The summed E-state index contributed by atoms with van der Waals surface area (Å²) in [4.78, 5) is 15.3. The lowest BCUT2D eigenvalue weighted by Crippen LogP contribution is -2.00. The number of hydrogen-bond acceptors (Lipinski definition) is 5. The summed E-state index contributed by atoms with van der Waals surface area (Å²) in [7, 11) is 1.56. The maximum Gasteiger partial charge on any atom is 0.338 e. The van der Waals surface area contributed by atoms with E-state index in [4.69, 9.17) is 14.4 Å². The maximum absolute atomic E-state index is 14.0. The van der Waals surface area contributed by atoms with E-state index in [-0.39, 0.29) is 29.7 Å². The van der Waals surface area contributed by atoms with E-state index in [0.717, 1.165) is 34.4 Å². The predicted molar refractivity (Wildman–Crippen MR) is 113 cm³/mol. The van der Waals surface area contributed by atoms with Gasteiger partial charge in [0.2, 0.25) is 5.82 Å². The van der Waals surface area contributed by atoms with E-state index in [0.29, 0.717) is 5.56 Å². The van der Waals surface area contributed by atoms with Gasteiger partial charge in [0.25, 0.3) is 5.89 Å². The Bertz CT molecular complexity index is 1320. The Morgan fingerprint density at radius 2 is 1.81 bits per heavy atom. The van der Waals surface area contributed by atoms with E-state index >= 15 is 0 Å². The van der Waals surface area contributed by atoms with Crippen LogP contribution in [0.5, 0.6) is 0 Å². The van der Waals surface area contributed by atoms with Crippen molar-refractivity contribution >= 4 is 5.97 Å². The predicted octanol–water partition coefficient (Wildman–Crippen LogP) is 5.50. The van der Waals surface area contributed by atoms with E-state index in [1.54, 1.807) is 19.2 Å². The van der Waals surface area contributed by atoms with Crippen molar-refractivity contribution in [3.05, 3.63) is 82.9 Å². The zero-order valence-corrected chi connectivity index (χ0v) is 17.2. The molecule has 0 aliphatic carbocycles. The van der Waals surface area contributed by atoms with Crippen molar-refractivity contribution < 1.29 is 27.9 Å². The highest BCUT2D eigenvalue weighted by Gasteiger charge is 2.17. The minimum absolute atomic E-state index is 0.120. The van der Waals surface area contributed by atoms with Crippen LogP contribution in [0.25, 0.3) is 34.0 Å². The standard InChI is InChI=1S/C24H18F2N2O4/c1-13-3-6-17(25)11-20(13)18-7-5-15(9-16(18)12-31-2)23-27-22(28-32-23)14-4-8-19(24(29)30)21(26)10-14/h3-11H,12H2,1-2H3,(H,29,30). The Morgan fingerprint density at radius 3 is 2.53 bits per heavy atom. The molecule has 0 aliphatic rings. The first-order chi connectivity index (χ1) is 15.4. The highest BCUT2D eigenvalue weighted by atomic mass is 19.1. The summed E-state index contributed by atoms with van der Waals surface area (Å²) in [6.45, 7) is 2.18. The van der Waals surface area contributed by atoms with Crippen molar-refractivity contribution in [1.82, 2.24) is 10.1 Å². The van der Waals surface area contributed by atoms with Gasteiger partial charge in [-0.3, -0.25) is 0 Å². The first-order valence-electron chi connectivity index (χ1n) is 9.63. The number of aryl methyl sites for hydroxylation is 1. The van der Waals surface area contributed by atoms with E-state index < -0.39 is 17.3 Å². The summed E-state index contributed by atoms with van der Waals surface area (Å²) < 4.78 is 38.5. The van der Waals surface area contributed by atoms with Gasteiger partial charge < -0.3 is 14.4 Å². The molecule has 1 aromatic heterocycles. The van der Waals surface area contributed by atoms with Crippen molar-refractivity contribution in [1.29, 1.82) is 0 Å². The lowest BCUT2D eigenvalue weighted by atomic mass is 9.94. The van der Waals surface area contributed by atoms with Gasteiger partial charge in [0.05, 0.1) is 12.2 Å². The molecule has 0 fully saturated rings. The maximum atomic E-state index is 14.0. The van der Waals surface area contributed by atoms with Gasteiger partial charge in [0.1, 0.15) is 11.6 Å². The number of aromatic nitrogens is 2. The Morgan fingerprint density at radius 1 is 1.03 bits per heavy atom. The molecule has 32 heavy (non-hydrogen) atoms. The smallest absolute Gasteiger partial charge is 0.338 e. The first kappa shape index (κ1) is 21.3. The van der Waals surface area contributed by atoms with Crippen LogP contribution in [-0.4, -0.2) is 28.3 Å². The van der Waals surface area contributed by atoms with Gasteiger partial charge in [-0.05, 0) is 71.6 Å². The van der Waals surface area contributed by atoms with Gasteiger partial charge in [-0.25, -0.2) is 13.6 Å². The van der Waals surface area contributed by atoms with E-state index in [1.807, 2.05) is 19.1 Å². The zero-order valence-electron chi connectivity index (χ0n) is 17.2. The Kier molecular flexibility index (Phi) is 5.79. The second-order valence-corrected chi connectivity index (χ2v) is 7.19. The van der Waals surface area contributed by atoms with Gasteiger partial charge in [-0.2, -0.15) is 4.98 Å². The number of benzene rings is 3. The lowest BCUT2D eigenvalue weighted by molar-refractivity contribution is 0.0692.